The van der Waals surface area contributed by atoms with E-state index in [-0.39, 0.29) is 11.7 Å². The van der Waals surface area contributed by atoms with Gasteiger partial charge in [0.25, 0.3) is 5.91 Å². The number of nitrogens with one attached hydrogen (secondary N) is 1. The lowest BCUT2D eigenvalue weighted by atomic mass is 10.2. The van der Waals surface area contributed by atoms with Gasteiger partial charge in [-0.25, -0.2) is 9.37 Å². The van der Waals surface area contributed by atoms with E-state index in [1.807, 2.05) is 35.7 Å². The molecule has 0 fully saturated rings. The molecule has 5 heteroatoms. The van der Waals surface area contributed by atoms with Gasteiger partial charge in [0, 0.05) is 16.5 Å². The Bertz CT molecular complexity index is 769. The Morgan fingerprint density at radius 3 is 2.55 bits per heavy atom. The number of carbonyl (C=O) groups excluding carboxylic acids is 1. The van der Waals surface area contributed by atoms with Crippen molar-refractivity contribution in [3.05, 3.63) is 76.4 Å². The second kappa shape index (κ2) is 6.49. The zero-order valence-electron chi connectivity index (χ0n) is 11.6. The zero-order chi connectivity index (χ0) is 15.4. The number of hydrogen-bond donors (Lipinski definition) is 1. The largest absolute Gasteiger partial charge is 0.346 e. The molecule has 3 aromatic rings. The Kier molecular flexibility index (Phi) is 4.25. The Morgan fingerprint density at radius 2 is 1.82 bits per heavy atom. The smallest absolute Gasteiger partial charge is 0.251 e. The molecule has 3 nitrogen and oxygen atoms in total. The Balaban J connectivity index is 1.64. The molecular weight excluding hydrogens is 299 g/mol. The standard InChI is InChI=1S/C17H13FN2OS/c18-14-8-6-13(7-9-14)17(21)19-10-16-20-15(11-22-16)12-4-2-1-3-5-12/h1-9,11H,10H2,(H,19,21). The first kappa shape index (κ1) is 14.4. The van der Waals surface area contributed by atoms with Crippen LogP contribution in [0.25, 0.3) is 11.3 Å². The van der Waals surface area contributed by atoms with E-state index in [1.165, 1.54) is 35.6 Å². The molecule has 0 radical (unpaired) electrons. The predicted octanol–water partition coefficient (Wildman–Crippen LogP) is 3.88. The molecule has 0 aliphatic heterocycles. The van der Waals surface area contributed by atoms with Crippen molar-refractivity contribution < 1.29 is 9.18 Å². The number of nitrogens with zero attached hydrogens (tertiary/aromatic N) is 1. The fourth-order valence-electron chi connectivity index (χ4n) is 1.99. The van der Waals surface area contributed by atoms with Crippen LogP contribution in [0.2, 0.25) is 0 Å². The molecule has 0 spiro atoms. The van der Waals surface area contributed by atoms with Crippen LogP contribution in [0, 0.1) is 5.82 Å². The minimum absolute atomic E-state index is 0.239. The van der Waals surface area contributed by atoms with Crippen LogP contribution in [0.15, 0.2) is 60.0 Å². The van der Waals surface area contributed by atoms with E-state index in [9.17, 15) is 9.18 Å². The topological polar surface area (TPSA) is 42.0 Å². The van der Waals surface area contributed by atoms with E-state index < -0.39 is 0 Å². The monoisotopic (exact) mass is 312 g/mol. The fraction of sp³-hybridized carbons (Fsp3) is 0.0588. The molecule has 22 heavy (non-hydrogen) atoms. The Morgan fingerprint density at radius 1 is 1.09 bits per heavy atom. The van der Waals surface area contributed by atoms with Crippen molar-refractivity contribution in [2.45, 2.75) is 6.54 Å². The quantitative estimate of drug-likeness (QED) is 0.794. The van der Waals surface area contributed by atoms with Crippen LogP contribution in [0.4, 0.5) is 4.39 Å². The SMILES string of the molecule is O=C(NCc1nc(-c2ccccc2)cs1)c1ccc(F)cc1. The lowest BCUT2D eigenvalue weighted by molar-refractivity contribution is 0.0951. The number of halogens is 1. The molecule has 2 aromatic carbocycles. The average molecular weight is 312 g/mol. The highest BCUT2D eigenvalue weighted by molar-refractivity contribution is 7.09. The Hall–Kier alpha value is -2.53. The van der Waals surface area contributed by atoms with Crippen molar-refractivity contribution >= 4 is 17.2 Å². The minimum Gasteiger partial charge on any atom is -0.346 e. The number of hydrogen-bond acceptors (Lipinski definition) is 3. The molecule has 1 aromatic heterocycles. The van der Waals surface area contributed by atoms with E-state index >= 15 is 0 Å². The van der Waals surface area contributed by atoms with Crippen LogP contribution in [-0.2, 0) is 6.54 Å². The highest BCUT2D eigenvalue weighted by Gasteiger charge is 2.08. The molecule has 0 atom stereocenters. The van der Waals surface area contributed by atoms with Gasteiger partial charge in [-0.05, 0) is 24.3 Å². The lowest BCUT2D eigenvalue weighted by Gasteiger charge is -2.03. The lowest BCUT2D eigenvalue weighted by Crippen LogP contribution is -2.22. The van der Waals surface area contributed by atoms with Gasteiger partial charge in [-0.15, -0.1) is 11.3 Å². The number of rotatable bonds is 4. The summed E-state index contributed by atoms with van der Waals surface area (Å²) in [4.78, 5) is 16.5. The first-order chi connectivity index (χ1) is 10.7. The van der Waals surface area contributed by atoms with Crippen LogP contribution in [0.5, 0.6) is 0 Å². The van der Waals surface area contributed by atoms with Crippen LogP contribution >= 0.6 is 11.3 Å². The van der Waals surface area contributed by atoms with Gasteiger partial charge in [-0.1, -0.05) is 30.3 Å². The van der Waals surface area contributed by atoms with E-state index in [0.717, 1.165) is 16.3 Å². The number of benzene rings is 2. The summed E-state index contributed by atoms with van der Waals surface area (Å²) in [6, 6.07) is 15.3. The third-order valence-corrected chi connectivity index (χ3v) is 3.98. The number of carbonyl (C=O) groups is 1. The Labute approximate surface area is 131 Å². The van der Waals surface area contributed by atoms with E-state index in [4.69, 9.17) is 0 Å². The van der Waals surface area contributed by atoms with Gasteiger partial charge in [0.05, 0.1) is 12.2 Å². The van der Waals surface area contributed by atoms with E-state index in [2.05, 4.69) is 10.3 Å². The van der Waals surface area contributed by atoms with Crippen molar-refractivity contribution in [3.63, 3.8) is 0 Å². The molecule has 0 aliphatic rings. The summed E-state index contributed by atoms with van der Waals surface area (Å²) < 4.78 is 12.8. The summed E-state index contributed by atoms with van der Waals surface area (Å²) in [6.45, 7) is 0.355. The minimum atomic E-state index is -0.357. The first-order valence-electron chi connectivity index (χ1n) is 6.76. The molecule has 0 unspecified atom stereocenters. The van der Waals surface area contributed by atoms with E-state index in [1.54, 1.807) is 0 Å². The molecule has 0 bridgehead atoms. The summed E-state index contributed by atoms with van der Waals surface area (Å²) in [6.07, 6.45) is 0. The predicted molar refractivity (Wildman–Crippen MR) is 85.1 cm³/mol. The van der Waals surface area contributed by atoms with Gasteiger partial charge in [0.15, 0.2) is 0 Å². The first-order valence-corrected chi connectivity index (χ1v) is 7.64. The molecule has 0 aliphatic carbocycles. The molecule has 0 saturated heterocycles. The van der Waals surface area contributed by atoms with Gasteiger partial charge < -0.3 is 5.32 Å². The van der Waals surface area contributed by atoms with Crippen molar-refractivity contribution in [2.24, 2.45) is 0 Å². The summed E-state index contributed by atoms with van der Waals surface area (Å²) in [5.41, 5.74) is 2.38. The molecule has 0 saturated carbocycles. The highest BCUT2D eigenvalue weighted by atomic mass is 32.1. The third-order valence-electron chi connectivity index (χ3n) is 3.13. The number of thiazole rings is 1. The zero-order valence-corrected chi connectivity index (χ0v) is 12.4. The van der Waals surface area contributed by atoms with Crippen LogP contribution in [0.3, 0.4) is 0 Å². The van der Waals surface area contributed by atoms with Gasteiger partial charge in [-0.2, -0.15) is 0 Å². The highest BCUT2D eigenvalue weighted by Crippen LogP contribution is 2.21. The second-order valence-corrected chi connectivity index (χ2v) is 5.62. The number of amides is 1. The summed E-state index contributed by atoms with van der Waals surface area (Å²) >= 11 is 1.50. The summed E-state index contributed by atoms with van der Waals surface area (Å²) in [5, 5.41) is 5.58. The molecule has 1 heterocycles. The number of aromatic nitrogens is 1. The second-order valence-electron chi connectivity index (χ2n) is 4.68. The van der Waals surface area contributed by atoms with Crippen LogP contribution in [0.1, 0.15) is 15.4 Å². The van der Waals surface area contributed by atoms with Gasteiger partial charge in [0.1, 0.15) is 10.8 Å². The maximum atomic E-state index is 12.8. The fourth-order valence-corrected chi connectivity index (χ4v) is 2.74. The van der Waals surface area contributed by atoms with Crippen LogP contribution in [-0.4, -0.2) is 10.9 Å². The average Bonchev–Trinajstić information content (AvgIpc) is 3.03. The van der Waals surface area contributed by atoms with Gasteiger partial charge in [-0.3, -0.25) is 4.79 Å². The van der Waals surface area contributed by atoms with Gasteiger partial charge in [0.2, 0.25) is 0 Å². The molecule has 110 valence electrons. The normalized spacial score (nSPS) is 10.4. The van der Waals surface area contributed by atoms with Crippen molar-refractivity contribution in [3.8, 4) is 11.3 Å². The molecule has 3 rings (SSSR count). The van der Waals surface area contributed by atoms with Crippen LogP contribution < -0.4 is 5.32 Å². The maximum Gasteiger partial charge on any atom is 0.251 e. The molecule has 1 N–H and O–H groups in total. The molecular formula is C17H13FN2OS. The third kappa shape index (κ3) is 3.38. The van der Waals surface area contributed by atoms with Crippen molar-refractivity contribution in [2.75, 3.05) is 0 Å². The summed E-state index contributed by atoms with van der Waals surface area (Å²) in [5.74, 6) is -0.597. The van der Waals surface area contributed by atoms with Gasteiger partial charge >= 0.3 is 0 Å². The maximum absolute atomic E-state index is 12.8. The molecule has 1 amide bonds. The van der Waals surface area contributed by atoms with E-state index in [0.29, 0.717) is 12.1 Å². The van der Waals surface area contributed by atoms with Crippen molar-refractivity contribution in [1.82, 2.24) is 10.3 Å². The van der Waals surface area contributed by atoms with Crippen molar-refractivity contribution in [1.29, 1.82) is 0 Å². The summed E-state index contributed by atoms with van der Waals surface area (Å²) in [7, 11) is 0.